The Morgan fingerprint density at radius 3 is 2.62 bits per heavy atom. The van der Waals surface area contributed by atoms with E-state index in [0.29, 0.717) is 6.61 Å². The Kier molecular flexibility index (Phi) is 5.80. The molecular weight excluding hydrogens is 317 g/mol. The monoisotopic (exact) mass is 333 g/mol. The van der Waals surface area contributed by atoms with Gasteiger partial charge >= 0.3 is 0 Å². The number of amides is 1. The highest BCUT2D eigenvalue weighted by Gasteiger charge is 2.13. The zero-order valence-corrected chi connectivity index (χ0v) is 12.7. The molecule has 126 valence electrons. The number of benzene rings is 2. The van der Waals surface area contributed by atoms with Gasteiger partial charge in [-0.1, -0.05) is 12.1 Å². The third kappa shape index (κ3) is 5.03. The van der Waals surface area contributed by atoms with Gasteiger partial charge in [0, 0.05) is 29.9 Å². The highest BCUT2D eigenvalue weighted by atomic mass is 19.1. The number of rotatable bonds is 7. The van der Waals surface area contributed by atoms with E-state index in [9.17, 15) is 19.3 Å². The number of halogens is 1. The van der Waals surface area contributed by atoms with E-state index in [1.54, 1.807) is 12.1 Å². The summed E-state index contributed by atoms with van der Waals surface area (Å²) in [4.78, 5) is 22.1. The molecule has 0 aliphatic rings. The van der Waals surface area contributed by atoms with Crippen molar-refractivity contribution in [3.8, 4) is 0 Å². The molecule has 0 aromatic heterocycles. The van der Waals surface area contributed by atoms with E-state index in [4.69, 9.17) is 10.5 Å². The van der Waals surface area contributed by atoms with Crippen molar-refractivity contribution in [2.45, 2.75) is 6.61 Å². The Morgan fingerprint density at radius 1 is 1.25 bits per heavy atom. The minimum Gasteiger partial charge on any atom is -0.399 e. The summed E-state index contributed by atoms with van der Waals surface area (Å²) >= 11 is 0. The summed E-state index contributed by atoms with van der Waals surface area (Å²) in [5, 5.41) is 13.3. The number of carbonyl (C=O) groups excluding carboxylic acids is 1. The Balaban J connectivity index is 1.79. The number of nitro benzene ring substituents is 1. The summed E-state index contributed by atoms with van der Waals surface area (Å²) in [5.74, 6) is -0.793. The molecule has 2 rings (SSSR count). The third-order valence-electron chi connectivity index (χ3n) is 3.13. The Hall–Kier alpha value is -3.00. The van der Waals surface area contributed by atoms with Crippen LogP contribution in [0.3, 0.4) is 0 Å². The van der Waals surface area contributed by atoms with Gasteiger partial charge in [-0.05, 0) is 23.8 Å². The van der Waals surface area contributed by atoms with Gasteiger partial charge in [-0.2, -0.15) is 0 Å². The number of nitrogens with zero attached hydrogens (tertiary/aromatic N) is 1. The van der Waals surface area contributed by atoms with E-state index in [2.05, 4.69) is 5.32 Å². The lowest BCUT2D eigenvalue weighted by Gasteiger charge is -2.07. The van der Waals surface area contributed by atoms with E-state index < -0.39 is 10.8 Å². The number of anilines is 1. The van der Waals surface area contributed by atoms with Crippen molar-refractivity contribution in [2.75, 3.05) is 18.9 Å². The first-order chi connectivity index (χ1) is 11.5. The van der Waals surface area contributed by atoms with Crippen molar-refractivity contribution < 1.29 is 18.8 Å². The molecule has 0 aliphatic carbocycles. The minimum atomic E-state index is -0.612. The van der Waals surface area contributed by atoms with Gasteiger partial charge in [0.15, 0.2) is 0 Å². The van der Waals surface area contributed by atoms with E-state index in [1.807, 2.05) is 0 Å². The zero-order chi connectivity index (χ0) is 17.5. The van der Waals surface area contributed by atoms with Crippen LogP contribution in [0.15, 0.2) is 42.5 Å². The number of hydrogen-bond acceptors (Lipinski definition) is 5. The fourth-order valence-corrected chi connectivity index (χ4v) is 1.98. The number of nitro groups is 1. The Labute approximate surface area is 137 Å². The maximum atomic E-state index is 12.7. The maximum Gasteiger partial charge on any atom is 0.272 e. The first kappa shape index (κ1) is 17.4. The third-order valence-corrected chi connectivity index (χ3v) is 3.13. The van der Waals surface area contributed by atoms with Gasteiger partial charge in [-0.25, -0.2) is 4.39 Å². The van der Waals surface area contributed by atoms with Crippen LogP contribution < -0.4 is 11.1 Å². The number of hydrogen-bond donors (Lipinski definition) is 2. The summed E-state index contributed by atoms with van der Waals surface area (Å²) in [5.41, 5.74) is 6.37. The Morgan fingerprint density at radius 2 is 1.96 bits per heavy atom. The van der Waals surface area contributed by atoms with Crippen LogP contribution in [0, 0.1) is 15.9 Å². The van der Waals surface area contributed by atoms with Gasteiger partial charge in [0.1, 0.15) is 5.82 Å². The first-order valence-electron chi connectivity index (χ1n) is 7.11. The number of ether oxygens (including phenoxy) is 1. The average molecular weight is 333 g/mol. The first-order valence-corrected chi connectivity index (χ1v) is 7.11. The van der Waals surface area contributed by atoms with Crippen LogP contribution >= 0.6 is 0 Å². The number of nitrogens with one attached hydrogen (secondary N) is 1. The molecule has 24 heavy (non-hydrogen) atoms. The number of non-ortho nitro benzene ring substituents is 1. The Bertz CT molecular complexity index is 735. The van der Waals surface area contributed by atoms with Gasteiger partial charge in [0.05, 0.1) is 18.1 Å². The highest BCUT2D eigenvalue weighted by molar-refractivity contribution is 5.95. The molecule has 0 radical (unpaired) electrons. The molecule has 8 heteroatoms. The largest absolute Gasteiger partial charge is 0.399 e. The van der Waals surface area contributed by atoms with Crippen molar-refractivity contribution in [2.24, 2.45) is 0 Å². The summed E-state index contributed by atoms with van der Waals surface area (Å²) in [7, 11) is 0. The second-order valence-corrected chi connectivity index (χ2v) is 5.01. The lowest BCUT2D eigenvalue weighted by molar-refractivity contribution is -0.384. The van der Waals surface area contributed by atoms with E-state index in [-0.39, 0.29) is 35.9 Å². The van der Waals surface area contributed by atoms with Crippen LogP contribution in [-0.2, 0) is 11.3 Å². The molecule has 7 nitrogen and oxygen atoms in total. The topological polar surface area (TPSA) is 107 Å². The van der Waals surface area contributed by atoms with E-state index >= 15 is 0 Å². The van der Waals surface area contributed by atoms with Crippen molar-refractivity contribution in [1.82, 2.24) is 5.32 Å². The minimum absolute atomic E-state index is 0.111. The fourth-order valence-electron chi connectivity index (χ4n) is 1.98. The molecule has 2 aromatic carbocycles. The molecule has 3 N–H and O–H groups in total. The quantitative estimate of drug-likeness (QED) is 0.350. The zero-order valence-electron chi connectivity index (χ0n) is 12.7. The van der Waals surface area contributed by atoms with Crippen LogP contribution in [0.1, 0.15) is 15.9 Å². The molecule has 0 aliphatic heterocycles. The SMILES string of the molecule is Nc1cc(C(=O)NCCOCc2ccc(F)cc2)cc([N+](=O)[O-])c1. The number of nitrogens with two attached hydrogens (primary N) is 1. The van der Waals surface area contributed by atoms with Crippen molar-refractivity contribution in [3.63, 3.8) is 0 Å². The molecule has 0 heterocycles. The van der Waals surface area contributed by atoms with Crippen molar-refractivity contribution >= 4 is 17.3 Å². The molecular formula is C16H16FN3O4. The van der Waals surface area contributed by atoms with Crippen LogP contribution in [0.2, 0.25) is 0 Å². The number of carbonyl (C=O) groups is 1. The molecule has 2 aromatic rings. The van der Waals surface area contributed by atoms with Crippen LogP contribution in [0.5, 0.6) is 0 Å². The molecule has 0 fully saturated rings. The molecule has 0 saturated heterocycles. The summed E-state index contributed by atoms with van der Waals surface area (Å²) < 4.78 is 18.1. The number of nitrogen functional groups attached to an aromatic ring is 1. The smallest absolute Gasteiger partial charge is 0.272 e. The standard InChI is InChI=1S/C16H16FN3O4/c17-13-3-1-11(2-4-13)10-24-6-5-19-16(21)12-7-14(18)9-15(8-12)20(22)23/h1-4,7-9H,5-6,10,18H2,(H,19,21). The maximum absolute atomic E-state index is 12.7. The molecule has 0 bridgehead atoms. The summed E-state index contributed by atoms with van der Waals surface area (Å²) in [6.07, 6.45) is 0. The van der Waals surface area contributed by atoms with Gasteiger partial charge in [-0.3, -0.25) is 14.9 Å². The molecule has 0 saturated carbocycles. The van der Waals surface area contributed by atoms with Gasteiger partial charge < -0.3 is 15.8 Å². The second kappa shape index (κ2) is 8.02. The van der Waals surface area contributed by atoms with Crippen LogP contribution in [0.4, 0.5) is 15.8 Å². The lowest BCUT2D eigenvalue weighted by atomic mass is 10.1. The normalized spacial score (nSPS) is 10.4. The van der Waals surface area contributed by atoms with E-state index in [1.165, 1.54) is 24.3 Å². The predicted octanol–water partition coefficient (Wildman–Crippen LogP) is 2.26. The van der Waals surface area contributed by atoms with Crippen molar-refractivity contribution in [3.05, 3.63) is 69.5 Å². The highest BCUT2D eigenvalue weighted by Crippen LogP contribution is 2.18. The second-order valence-electron chi connectivity index (χ2n) is 5.01. The molecule has 1 amide bonds. The lowest BCUT2D eigenvalue weighted by Crippen LogP contribution is -2.27. The summed E-state index contributed by atoms with van der Waals surface area (Å²) in [6, 6.07) is 9.61. The molecule has 0 atom stereocenters. The molecule has 0 unspecified atom stereocenters. The van der Waals surface area contributed by atoms with Crippen LogP contribution in [0.25, 0.3) is 0 Å². The van der Waals surface area contributed by atoms with Crippen molar-refractivity contribution in [1.29, 1.82) is 0 Å². The van der Waals surface area contributed by atoms with Crippen LogP contribution in [-0.4, -0.2) is 24.0 Å². The molecule has 0 spiro atoms. The van der Waals surface area contributed by atoms with Gasteiger partial charge in [0.2, 0.25) is 0 Å². The average Bonchev–Trinajstić information content (AvgIpc) is 2.55. The van der Waals surface area contributed by atoms with Gasteiger partial charge in [-0.15, -0.1) is 0 Å². The fraction of sp³-hybridized carbons (Fsp3) is 0.188. The summed E-state index contributed by atoms with van der Waals surface area (Å²) in [6.45, 7) is 0.760. The predicted molar refractivity (Wildman–Crippen MR) is 85.9 cm³/mol. The van der Waals surface area contributed by atoms with E-state index in [0.717, 1.165) is 11.6 Å². The van der Waals surface area contributed by atoms with Gasteiger partial charge in [0.25, 0.3) is 11.6 Å².